The molecule has 0 spiro atoms. The number of aromatic nitrogens is 1. The van der Waals surface area contributed by atoms with Crippen molar-refractivity contribution < 1.29 is 32.4 Å². The molecule has 100 valence electrons. The first-order chi connectivity index (χ1) is 8.29. The Kier molecular flexibility index (Phi) is 4.59. The Hall–Kier alpha value is -1.71. The van der Waals surface area contributed by atoms with Crippen LogP contribution in [-0.2, 0) is 0 Å². The zero-order valence-electron chi connectivity index (χ0n) is 8.65. The summed E-state index contributed by atoms with van der Waals surface area (Å²) in [5.74, 6) is -3.06. The number of hydrogen-bond donors (Lipinski definition) is 2. The van der Waals surface area contributed by atoms with Crippen LogP contribution in [0.3, 0.4) is 0 Å². The van der Waals surface area contributed by atoms with Crippen molar-refractivity contribution in [1.29, 1.82) is 0 Å². The number of carbonyl (C=O) groups excluding carboxylic acids is 1. The molecule has 0 bridgehead atoms. The maximum Gasteiger partial charge on any atom is 0.441 e. The molecule has 0 fully saturated rings. The van der Waals surface area contributed by atoms with Gasteiger partial charge in [0.25, 0.3) is 5.91 Å². The van der Waals surface area contributed by atoms with Crippen LogP contribution in [0, 0.1) is 0 Å². The number of aromatic carboxylic acids is 1. The lowest BCUT2D eigenvalue weighted by Gasteiger charge is -2.05. The van der Waals surface area contributed by atoms with Gasteiger partial charge in [0.2, 0.25) is 5.76 Å². The molecule has 1 rings (SSSR count). The summed E-state index contributed by atoms with van der Waals surface area (Å²) >= 11 is -0.272. The van der Waals surface area contributed by atoms with Crippen LogP contribution >= 0.6 is 11.8 Å². The highest BCUT2D eigenvalue weighted by atomic mass is 32.2. The van der Waals surface area contributed by atoms with Gasteiger partial charge in [-0.2, -0.15) is 13.2 Å². The van der Waals surface area contributed by atoms with E-state index in [-0.39, 0.29) is 29.8 Å². The van der Waals surface area contributed by atoms with Crippen LogP contribution in [0.2, 0.25) is 0 Å². The molecule has 0 saturated heterocycles. The molecule has 0 radical (unpaired) electrons. The second-order valence-corrected chi connectivity index (χ2v) is 4.09. The summed E-state index contributed by atoms with van der Waals surface area (Å²) in [7, 11) is 0. The lowest BCUT2D eigenvalue weighted by molar-refractivity contribution is -0.0327. The van der Waals surface area contributed by atoms with Crippen molar-refractivity contribution in [2.24, 2.45) is 0 Å². The summed E-state index contributed by atoms with van der Waals surface area (Å²) in [5.41, 5.74) is -4.65. The minimum Gasteiger partial charge on any atom is -0.475 e. The van der Waals surface area contributed by atoms with Crippen LogP contribution < -0.4 is 5.32 Å². The molecule has 0 unspecified atom stereocenters. The van der Waals surface area contributed by atoms with Crippen LogP contribution in [0.1, 0.15) is 21.0 Å². The molecular formula is C8H7F3N2O4S. The number of nitrogens with one attached hydrogen (secondary N) is 1. The number of alkyl halides is 3. The van der Waals surface area contributed by atoms with Crippen molar-refractivity contribution >= 4 is 23.6 Å². The first kappa shape index (κ1) is 14.4. The molecule has 0 aliphatic heterocycles. The third-order valence-electron chi connectivity index (χ3n) is 1.61. The number of halogens is 3. The maximum absolute atomic E-state index is 11.8. The Balaban J connectivity index is 2.39. The van der Waals surface area contributed by atoms with E-state index in [1.807, 2.05) is 0 Å². The van der Waals surface area contributed by atoms with E-state index in [4.69, 9.17) is 5.11 Å². The van der Waals surface area contributed by atoms with Gasteiger partial charge < -0.3 is 14.9 Å². The summed E-state index contributed by atoms with van der Waals surface area (Å²) in [4.78, 5) is 21.7. The van der Waals surface area contributed by atoms with E-state index < -0.39 is 23.1 Å². The highest BCUT2D eigenvalue weighted by Crippen LogP contribution is 2.29. The molecule has 0 aliphatic carbocycles. The fourth-order valence-corrected chi connectivity index (χ4v) is 1.34. The molecular weight excluding hydrogens is 277 g/mol. The van der Waals surface area contributed by atoms with E-state index >= 15 is 0 Å². The average molecular weight is 284 g/mol. The van der Waals surface area contributed by atoms with Crippen molar-refractivity contribution in [3.63, 3.8) is 0 Å². The van der Waals surface area contributed by atoms with Gasteiger partial charge in [-0.1, -0.05) is 5.16 Å². The number of carboxylic acid groups (broad SMARTS) is 1. The number of rotatable bonds is 5. The largest absolute Gasteiger partial charge is 0.475 e. The van der Waals surface area contributed by atoms with Crippen LogP contribution in [-0.4, -0.2) is 39.9 Å². The van der Waals surface area contributed by atoms with Crippen LogP contribution in [0.15, 0.2) is 10.6 Å². The summed E-state index contributed by atoms with van der Waals surface area (Å²) in [6.07, 6.45) is 0. The predicted molar refractivity (Wildman–Crippen MR) is 54.3 cm³/mol. The zero-order valence-corrected chi connectivity index (χ0v) is 9.47. The Morgan fingerprint density at radius 2 is 2.17 bits per heavy atom. The Bertz CT molecular complexity index is 446. The molecule has 0 aromatic carbocycles. The molecule has 1 heterocycles. The molecule has 0 aliphatic rings. The van der Waals surface area contributed by atoms with E-state index in [1.54, 1.807) is 0 Å². The fraction of sp³-hybridized carbons (Fsp3) is 0.375. The third kappa shape index (κ3) is 4.65. The van der Waals surface area contributed by atoms with Gasteiger partial charge in [0.1, 0.15) is 0 Å². The van der Waals surface area contributed by atoms with E-state index in [0.717, 1.165) is 6.07 Å². The minimum atomic E-state index is -4.35. The quantitative estimate of drug-likeness (QED) is 0.793. The number of carboxylic acids is 1. The number of nitrogens with zero attached hydrogens (tertiary/aromatic N) is 1. The fourth-order valence-electron chi connectivity index (χ4n) is 0.905. The number of hydrogen-bond acceptors (Lipinski definition) is 5. The topological polar surface area (TPSA) is 92.4 Å². The van der Waals surface area contributed by atoms with Crippen molar-refractivity contribution in [2.75, 3.05) is 12.3 Å². The monoisotopic (exact) mass is 284 g/mol. The Morgan fingerprint density at radius 1 is 1.50 bits per heavy atom. The maximum atomic E-state index is 11.8. The van der Waals surface area contributed by atoms with E-state index in [2.05, 4.69) is 15.0 Å². The van der Waals surface area contributed by atoms with Crippen molar-refractivity contribution in [3.05, 3.63) is 17.5 Å². The van der Waals surface area contributed by atoms with Gasteiger partial charge in [-0.05, 0) is 11.8 Å². The molecule has 10 heteroatoms. The van der Waals surface area contributed by atoms with Crippen LogP contribution in [0.25, 0.3) is 0 Å². The highest BCUT2D eigenvalue weighted by Gasteiger charge is 2.27. The SMILES string of the molecule is O=C(NCCSC(F)(F)F)c1cc(C(=O)O)on1. The predicted octanol–water partition coefficient (Wildman–Crippen LogP) is 1.36. The van der Waals surface area contributed by atoms with Gasteiger partial charge in [0.15, 0.2) is 5.69 Å². The van der Waals surface area contributed by atoms with Crippen molar-refractivity contribution in [2.45, 2.75) is 5.51 Å². The average Bonchev–Trinajstić information content (AvgIpc) is 2.72. The second-order valence-electron chi connectivity index (χ2n) is 2.93. The van der Waals surface area contributed by atoms with Gasteiger partial charge in [0, 0.05) is 18.4 Å². The standard InChI is InChI=1S/C8H7F3N2O4S/c9-8(10,11)18-2-1-12-6(14)4-3-5(7(15)16)17-13-4/h3H,1-2H2,(H,12,14)(H,15,16). The Morgan fingerprint density at radius 3 is 2.67 bits per heavy atom. The Labute approximate surface area is 103 Å². The first-order valence-corrected chi connectivity index (χ1v) is 5.47. The van der Waals surface area contributed by atoms with Crippen molar-refractivity contribution in [3.8, 4) is 0 Å². The third-order valence-corrected chi connectivity index (χ3v) is 2.34. The van der Waals surface area contributed by atoms with Gasteiger partial charge in [-0.25, -0.2) is 4.79 Å². The molecule has 1 aromatic heterocycles. The van der Waals surface area contributed by atoms with E-state index in [9.17, 15) is 22.8 Å². The lowest BCUT2D eigenvalue weighted by atomic mass is 10.3. The van der Waals surface area contributed by atoms with Crippen molar-refractivity contribution in [1.82, 2.24) is 10.5 Å². The second kappa shape index (κ2) is 5.76. The number of thioether (sulfide) groups is 1. The number of carbonyl (C=O) groups is 2. The van der Waals surface area contributed by atoms with Crippen LogP contribution in [0.4, 0.5) is 13.2 Å². The molecule has 0 atom stereocenters. The molecule has 18 heavy (non-hydrogen) atoms. The van der Waals surface area contributed by atoms with Gasteiger partial charge in [0.05, 0.1) is 0 Å². The summed E-state index contributed by atoms with van der Waals surface area (Å²) in [5, 5.41) is 13.8. The lowest BCUT2D eigenvalue weighted by Crippen LogP contribution is -2.26. The molecule has 0 saturated carbocycles. The molecule has 1 amide bonds. The normalized spacial score (nSPS) is 11.3. The van der Waals surface area contributed by atoms with Gasteiger partial charge in [-0.3, -0.25) is 4.79 Å². The molecule has 1 aromatic rings. The smallest absolute Gasteiger partial charge is 0.441 e. The molecule has 2 N–H and O–H groups in total. The summed E-state index contributed by atoms with van der Waals surface area (Å²) in [6, 6.07) is 0.883. The zero-order chi connectivity index (χ0) is 13.8. The van der Waals surface area contributed by atoms with E-state index in [0.29, 0.717) is 0 Å². The first-order valence-electron chi connectivity index (χ1n) is 4.48. The van der Waals surface area contributed by atoms with Gasteiger partial charge in [-0.15, -0.1) is 0 Å². The minimum absolute atomic E-state index is 0.224. The van der Waals surface area contributed by atoms with Crippen LogP contribution in [0.5, 0.6) is 0 Å². The summed E-state index contributed by atoms with van der Waals surface area (Å²) in [6.45, 7) is -0.224. The highest BCUT2D eigenvalue weighted by molar-refractivity contribution is 8.00. The van der Waals surface area contributed by atoms with Gasteiger partial charge >= 0.3 is 11.5 Å². The number of amides is 1. The summed E-state index contributed by atoms with van der Waals surface area (Å²) < 4.78 is 39.6. The molecule has 6 nitrogen and oxygen atoms in total. The van der Waals surface area contributed by atoms with E-state index in [1.165, 1.54) is 0 Å².